The van der Waals surface area contributed by atoms with Crippen molar-refractivity contribution in [3.8, 4) is 0 Å². The number of hydrogen-bond acceptors (Lipinski definition) is 3. The smallest absolute Gasteiger partial charge is 0.410 e. The summed E-state index contributed by atoms with van der Waals surface area (Å²) < 4.78 is 7.59. The second kappa shape index (κ2) is 5.94. The molecule has 0 radical (unpaired) electrons. The van der Waals surface area contributed by atoms with Crippen molar-refractivity contribution in [3.63, 3.8) is 0 Å². The summed E-state index contributed by atoms with van der Waals surface area (Å²) in [7, 11) is 0. The second-order valence-electron chi connectivity index (χ2n) is 8.43. The van der Waals surface area contributed by atoms with Crippen LogP contribution in [0.2, 0.25) is 0 Å². The third kappa shape index (κ3) is 3.35. The van der Waals surface area contributed by atoms with Gasteiger partial charge in [0.05, 0.1) is 11.9 Å². The predicted octanol–water partition coefficient (Wildman–Crippen LogP) is 4.05. The van der Waals surface area contributed by atoms with Gasteiger partial charge in [-0.1, -0.05) is 6.08 Å². The van der Waals surface area contributed by atoms with Crippen molar-refractivity contribution in [1.82, 2.24) is 14.7 Å². The van der Waals surface area contributed by atoms with E-state index in [0.29, 0.717) is 6.04 Å². The maximum Gasteiger partial charge on any atom is 0.410 e. The van der Waals surface area contributed by atoms with Gasteiger partial charge in [0, 0.05) is 19.1 Å². The molecule has 5 nitrogen and oxygen atoms in total. The van der Waals surface area contributed by atoms with Crippen molar-refractivity contribution in [1.29, 1.82) is 0 Å². The summed E-state index contributed by atoms with van der Waals surface area (Å²) in [5.74, 6) is 0. The van der Waals surface area contributed by atoms with Crippen LogP contribution in [0.15, 0.2) is 12.3 Å². The Morgan fingerprint density at radius 1 is 1.29 bits per heavy atom. The summed E-state index contributed by atoms with van der Waals surface area (Å²) in [6.07, 6.45) is 9.39. The molecule has 0 unspecified atom stereocenters. The van der Waals surface area contributed by atoms with Crippen LogP contribution in [0.4, 0.5) is 4.79 Å². The SMILES string of the molecule is CC(C)n1ncc2c1C=CC1(CCN(C(=O)OC(C)(C)C)CC1)C2. The molecule has 0 aromatic carbocycles. The molecule has 2 aliphatic rings. The molecule has 0 saturated carbocycles. The van der Waals surface area contributed by atoms with Crippen molar-refractivity contribution >= 4 is 12.2 Å². The summed E-state index contributed by atoms with van der Waals surface area (Å²) in [5, 5.41) is 4.54. The number of nitrogens with zero attached hydrogens (tertiary/aromatic N) is 3. The quantitative estimate of drug-likeness (QED) is 0.780. The van der Waals surface area contributed by atoms with Crippen molar-refractivity contribution < 1.29 is 9.53 Å². The number of ether oxygens (including phenoxy) is 1. The standard InChI is InChI=1S/C19H29N3O2/c1-14(2)22-16-6-7-19(12-15(16)13-20-22)8-10-21(11-9-19)17(23)24-18(3,4)5/h6-7,13-14H,8-12H2,1-5H3. The minimum absolute atomic E-state index is 0.163. The molecule has 1 aliphatic carbocycles. The molecule has 1 amide bonds. The molecule has 0 atom stereocenters. The number of likely N-dealkylation sites (tertiary alicyclic amines) is 1. The van der Waals surface area contributed by atoms with Gasteiger partial charge in [-0.25, -0.2) is 4.79 Å². The molecule has 132 valence electrons. The van der Waals surface area contributed by atoms with Gasteiger partial charge in [0.1, 0.15) is 5.60 Å². The number of carbonyl (C=O) groups excluding carboxylic acids is 1. The van der Waals surface area contributed by atoms with Crippen molar-refractivity contribution in [2.45, 2.75) is 65.5 Å². The number of piperidine rings is 1. The van der Waals surface area contributed by atoms with Crippen LogP contribution in [-0.4, -0.2) is 39.5 Å². The number of carbonyl (C=O) groups is 1. The van der Waals surface area contributed by atoms with Gasteiger partial charge in [-0.3, -0.25) is 4.68 Å². The van der Waals surface area contributed by atoms with E-state index in [-0.39, 0.29) is 11.5 Å². The number of amides is 1. The maximum absolute atomic E-state index is 12.2. The van der Waals surface area contributed by atoms with E-state index in [1.54, 1.807) is 0 Å². The summed E-state index contributed by atoms with van der Waals surface area (Å²) >= 11 is 0. The van der Waals surface area contributed by atoms with Gasteiger partial charge in [0.25, 0.3) is 0 Å². The molecule has 1 aliphatic heterocycles. The first kappa shape index (κ1) is 17.1. The van der Waals surface area contributed by atoms with Crippen LogP contribution in [-0.2, 0) is 11.2 Å². The summed E-state index contributed by atoms with van der Waals surface area (Å²) in [6, 6.07) is 0.376. The van der Waals surface area contributed by atoms with Crippen molar-refractivity contribution in [3.05, 3.63) is 23.5 Å². The van der Waals surface area contributed by atoms with Gasteiger partial charge in [0.2, 0.25) is 0 Å². The second-order valence-corrected chi connectivity index (χ2v) is 8.43. The first-order valence-electron chi connectivity index (χ1n) is 8.93. The van der Waals surface area contributed by atoms with E-state index in [4.69, 9.17) is 4.74 Å². The molecule has 2 heterocycles. The highest BCUT2D eigenvalue weighted by molar-refractivity contribution is 5.68. The lowest BCUT2D eigenvalue weighted by Gasteiger charge is -2.41. The molecule has 1 fully saturated rings. The van der Waals surface area contributed by atoms with Gasteiger partial charge < -0.3 is 9.64 Å². The molecular weight excluding hydrogens is 302 g/mol. The predicted molar refractivity (Wildman–Crippen MR) is 94.8 cm³/mol. The Morgan fingerprint density at radius 2 is 1.96 bits per heavy atom. The molecule has 3 rings (SSSR count). The molecule has 5 heteroatoms. The van der Waals surface area contributed by atoms with Crippen LogP contribution in [0.1, 0.15) is 64.8 Å². The normalized spacial score (nSPS) is 19.7. The number of hydrogen-bond donors (Lipinski definition) is 0. The largest absolute Gasteiger partial charge is 0.444 e. The summed E-state index contributed by atoms with van der Waals surface area (Å²) in [4.78, 5) is 14.1. The van der Waals surface area contributed by atoms with E-state index in [9.17, 15) is 4.79 Å². The molecule has 0 N–H and O–H groups in total. The van der Waals surface area contributed by atoms with Crippen LogP contribution in [0.5, 0.6) is 0 Å². The van der Waals surface area contributed by atoms with Crippen LogP contribution in [0.3, 0.4) is 0 Å². The van der Waals surface area contributed by atoms with Crippen molar-refractivity contribution in [2.75, 3.05) is 13.1 Å². The molecule has 1 aromatic rings. The molecular formula is C19H29N3O2. The highest BCUT2D eigenvalue weighted by Gasteiger charge is 2.38. The van der Waals surface area contributed by atoms with Crippen LogP contribution in [0, 0.1) is 5.41 Å². The van der Waals surface area contributed by atoms with E-state index in [1.165, 1.54) is 11.3 Å². The van der Waals surface area contributed by atoms with Gasteiger partial charge in [-0.2, -0.15) is 5.10 Å². The van der Waals surface area contributed by atoms with E-state index in [0.717, 1.165) is 32.4 Å². The topological polar surface area (TPSA) is 47.4 Å². The average Bonchev–Trinajstić information content (AvgIpc) is 2.89. The fraction of sp³-hybridized carbons (Fsp3) is 0.684. The lowest BCUT2D eigenvalue weighted by molar-refractivity contribution is 0.0143. The Balaban J connectivity index is 1.66. The van der Waals surface area contributed by atoms with Crippen LogP contribution < -0.4 is 0 Å². The molecule has 1 aromatic heterocycles. The highest BCUT2D eigenvalue weighted by Crippen LogP contribution is 2.41. The van der Waals surface area contributed by atoms with Crippen LogP contribution in [0.25, 0.3) is 6.08 Å². The third-order valence-corrected chi connectivity index (χ3v) is 4.95. The minimum atomic E-state index is -0.433. The molecule has 24 heavy (non-hydrogen) atoms. The van der Waals surface area contributed by atoms with E-state index < -0.39 is 5.60 Å². The van der Waals surface area contributed by atoms with Gasteiger partial charge in [0.15, 0.2) is 0 Å². The van der Waals surface area contributed by atoms with E-state index >= 15 is 0 Å². The number of allylic oxidation sites excluding steroid dienone is 1. The number of rotatable bonds is 1. The first-order valence-corrected chi connectivity index (χ1v) is 8.93. The van der Waals surface area contributed by atoms with E-state index in [2.05, 4.69) is 35.8 Å². The Hall–Kier alpha value is -1.78. The van der Waals surface area contributed by atoms with Gasteiger partial charge in [-0.15, -0.1) is 0 Å². The van der Waals surface area contributed by atoms with E-state index in [1.807, 2.05) is 31.9 Å². The fourth-order valence-corrected chi connectivity index (χ4v) is 3.64. The zero-order chi connectivity index (χ0) is 17.5. The number of fused-ring (bicyclic) bond motifs is 1. The lowest BCUT2D eigenvalue weighted by atomic mass is 9.71. The number of aromatic nitrogens is 2. The minimum Gasteiger partial charge on any atom is -0.444 e. The van der Waals surface area contributed by atoms with Gasteiger partial charge >= 0.3 is 6.09 Å². The molecule has 1 spiro atoms. The average molecular weight is 331 g/mol. The molecule has 0 bridgehead atoms. The Kier molecular flexibility index (Phi) is 4.22. The Morgan fingerprint density at radius 3 is 2.54 bits per heavy atom. The monoisotopic (exact) mass is 331 g/mol. The first-order chi connectivity index (χ1) is 11.2. The maximum atomic E-state index is 12.2. The Labute approximate surface area is 144 Å². The van der Waals surface area contributed by atoms with Gasteiger partial charge in [-0.05, 0) is 70.9 Å². The summed E-state index contributed by atoms with van der Waals surface area (Å²) in [6.45, 7) is 11.6. The summed E-state index contributed by atoms with van der Waals surface area (Å²) in [5.41, 5.74) is 2.30. The Bertz CT molecular complexity index is 644. The third-order valence-electron chi connectivity index (χ3n) is 4.95. The highest BCUT2D eigenvalue weighted by atomic mass is 16.6. The van der Waals surface area contributed by atoms with Crippen LogP contribution >= 0.6 is 0 Å². The fourth-order valence-electron chi connectivity index (χ4n) is 3.64. The molecule has 1 saturated heterocycles. The lowest BCUT2D eigenvalue weighted by Crippen LogP contribution is -2.45. The zero-order valence-corrected chi connectivity index (χ0v) is 15.5. The van der Waals surface area contributed by atoms with Crippen molar-refractivity contribution in [2.24, 2.45) is 5.41 Å². The zero-order valence-electron chi connectivity index (χ0n) is 15.5.